The van der Waals surface area contributed by atoms with E-state index in [1.54, 1.807) is 0 Å². The van der Waals surface area contributed by atoms with Crippen LogP contribution >= 0.6 is 0 Å². The van der Waals surface area contributed by atoms with Gasteiger partial charge in [-0.05, 0) is 31.1 Å². The molecule has 1 aliphatic heterocycles. The van der Waals surface area contributed by atoms with Gasteiger partial charge < -0.3 is 18.9 Å². The SMILES string of the molecule is CCCCOCCOCCOCCOCCCN1C(=O)[C@@H]2[C@@H](C1=O)[C@H]1C=C[C@@H]2C1. The van der Waals surface area contributed by atoms with Gasteiger partial charge in [0, 0.05) is 19.8 Å². The fourth-order valence-electron chi connectivity index (χ4n) is 4.52. The topological polar surface area (TPSA) is 74.3 Å². The molecule has 0 aromatic carbocycles. The average molecular weight is 410 g/mol. The Kier molecular flexibility index (Phi) is 9.11. The van der Waals surface area contributed by atoms with Gasteiger partial charge in [-0.2, -0.15) is 0 Å². The Morgan fingerprint density at radius 3 is 1.69 bits per heavy atom. The van der Waals surface area contributed by atoms with Crippen LogP contribution in [0.2, 0.25) is 0 Å². The van der Waals surface area contributed by atoms with Crippen LogP contribution < -0.4 is 0 Å². The molecule has 2 aliphatic carbocycles. The van der Waals surface area contributed by atoms with E-state index in [9.17, 15) is 9.59 Å². The first-order valence-electron chi connectivity index (χ1n) is 11.1. The highest BCUT2D eigenvalue weighted by molar-refractivity contribution is 6.06. The van der Waals surface area contributed by atoms with E-state index in [2.05, 4.69) is 19.1 Å². The molecule has 2 amide bonds. The molecule has 4 atom stereocenters. The molecule has 3 aliphatic rings. The van der Waals surface area contributed by atoms with E-state index in [0.29, 0.717) is 59.2 Å². The molecular formula is C22H35NO6. The summed E-state index contributed by atoms with van der Waals surface area (Å²) >= 11 is 0. The summed E-state index contributed by atoms with van der Waals surface area (Å²) in [4.78, 5) is 26.6. The van der Waals surface area contributed by atoms with Crippen molar-refractivity contribution in [2.24, 2.45) is 23.7 Å². The van der Waals surface area contributed by atoms with E-state index in [1.165, 1.54) is 4.90 Å². The van der Waals surface area contributed by atoms with Crippen molar-refractivity contribution in [1.82, 2.24) is 4.90 Å². The van der Waals surface area contributed by atoms with Crippen LogP contribution in [-0.4, -0.2) is 76.1 Å². The van der Waals surface area contributed by atoms with Crippen molar-refractivity contribution in [3.63, 3.8) is 0 Å². The Morgan fingerprint density at radius 2 is 1.21 bits per heavy atom. The molecule has 1 heterocycles. The van der Waals surface area contributed by atoms with Crippen molar-refractivity contribution < 1.29 is 28.5 Å². The fraction of sp³-hybridized carbons (Fsp3) is 0.818. The van der Waals surface area contributed by atoms with Crippen LogP contribution in [0.15, 0.2) is 12.2 Å². The second-order valence-electron chi connectivity index (χ2n) is 7.98. The van der Waals surface area contributed by atoms with Gasteiger partial charge in [0.1, 0.15) is 0 Å². The van der Waals surface area contributed by atoms with Gasteiger partial charge in [-0.1, -0.05) is 25.5 Å². The van der Waals surface area contributed by atoms with E-state index < -0.39 is 0 Å². The van der Waals surface area contributed by atoms with Gasteiger partial charge in [0.15, 0.2) is 0 Å². The molecule has 7 nitrogen and oxygen atoms in total. The van der Waals surface area contributed by atoms with Crippen LogP contribution in [-0.2, 0) is 28.5 Å². The largest absolute Gasteiger partial charge is 0.379 e. The number of hydrogen-bond acceptors (Lipinski definition) is 6. The summed E-state index contributed by atoms with van der Waals surface area (Å²) in [6.45, 7) is 7.24. The van der Waals surface area contributed by atoms with Crippen molar-refractivity contribution in [2.75, 3.05) is 59.4 Å². The highest BCUT2D eigenvalue weighted by atomic mass is 16.6. The number of unbranched alkanes of at least 4 members (excludes halogenated alkanes) is 1. The minimum atomic E-state index is -0.100. The smallest absolute Gasteiger partial charge is 0.233 e. The summed E-state index contributed by atoms with van der Waals surface area (Å²) in [5, 5.41) is 0. The molecule has 29 heavy (non-hydrogen) atoms. The van der Waals surface area contributed by atoms with Gasteiger partial charge in [-0.25, -0.2) is 0 Å². The molecule has 2 fully saturated rings. The number of likely N-dealkylation sites (tertiary alicyclic amines) is 1. The Bertz CT molecular complexity index is 536. The summed E-state index contributed by atoms with van der Waals surface area (Å²) in [5.74, 6) is 0.399. The molecule has 3 rings (SSSR count). The van der Waals surface area contributed by atoms with Gasteiger partial charge in [-0.15, -0.1) is 0 Å². The standard InChI is InChI=1S/C22H35NO6/c1-2-3-8-26-10-12-28-14-15-29-13-11-27-9-4-7-23-21(24)19-17-5-6-18(16-17)20(19)22(23)25/h5-6,17-20H,2-4,7-16H2,1H3/t17-,18+,19-,20-/m0/s1. The Morgan fingerprint density at radius 1 is 0.759 bits per heavy atom. The average Bonchev–Trinajstić information content (AvgIpc) is 3.40. The number of fused-ring (bicyclic) bond motifs is 5. The number of nitrogens with zero attached hydrogens (tertiary/aromatic N) is 1. The monoisotopic (exact) mass is 409 g/mol. The van der Waals surface area contributed by atoms with Gasteiger partial charge in [0.25, 0.3) is 0 Å². The Balaban J connectivity index is 1.13. The van der Waals surface area contributed by atoms with Crippen LogP contribution in [0.25, 0.3) is 0 Å². The van der Waals surface area contributed by atoms with Crippen molar-refractivity contribution >= 4 is 11.8 Å². The summed E-state index contributed by atoms with van der Waals surface area (Å²) in [5.41, 5.74) is 0. The number of rotatable bonds is 16. The minimum Gasteiger partial charge on any atom is -0.379 e. The number of carbonyl (C=O) groups excluding carboxylic acids is 2. The number of carbonyl (C=O) groups is 2. The molecule has 0 aromatic heterocycles. The predicted octanol–water partition coefficient (Wildman–Crippen LogP) is 2.05. The van der Waals surface area contributed by atoms with Crippen LogP contribution in [0, 0.1) is 23.7 Å². The van der Waals surface area contributed by atoms with Crippen molar-refractivity contribution in [2.45, 2.75) is 32.6 Å². The van der Waals surface area contributed by atoms with E-state index in [0.717, 1.165) is 25.9 Å². The van der Waals surface area contributed by atoms with Gasteiger partial charge in [0.2, 0.25) is 11.8 Å². The van der Waals surface area contributed by atoms with Crippen molar-refractivity contribution in [1.29, 1.82) is 0 Å². The second kappa shape index (κ2) is 11.8. The lowest BCUT2D eigenvalue weighted by molar-refractivity contribution is -0.140. The third-order valence-electron chi connectivity index (χ3n) is 5.99. The van der Waals surface area contributed by atoms with Gasteiger partial charge >= 0.3 is 0 Å². The number of amides is 2. The summed E-state index contributed by atoms with van der Waals surface area (Å²) in [6, 6.07) is 0. The molecule has 7 heteroatoms. The molecular weight excluding hydrogens is 374 g/mol. The van der Waals surface area contributed by atoms with E-state index in [1.807, 2.05) is 0 Å². The van der Waals surface area contributed by atoms with Crippen LogP contribution in [0.4, 0.5) is 0 Å². The maximum atomic E-state index is 12.6. The van der Waals surface area contributed by atoms with Crippen LogP contribution in [0.1, 0.15) is 32.6 Å². The predicted molar refractivity (Wildman–Crippen MR) is 107 cm³/mol. The lowest BCUT2D eigenvalue weighted by atomic mass is 9.85. The first-order valence-corrected chi connectivity index (χ1v) is 11.1. The number of ether oxygens (including phenoxy) is 4. The highest BCUT2D eigenvalue weighted by Gasteiger charge is 2.58. The zero-order chi connectivity index (χ0) is 20.5. The molecule has 0 spiro atoms. The van der Waals surface area contributed by atoms with E-state index in [4.69, 9.17) is 18.9 Å². The van der Waals surface area contributed by atoms with Crippen LogP contribution in [0.3, 0.4) is 0 Å². The Hall–Kier alpha value is -1.28. The summed E-state index contributed by atoms with van der Waals surface area (Å²) in [7, 11) is 0. The lowest BCUT2D eigenvalue weighted by Crippen LogP contribution is -2.34. The summed E-state index contributed by atoms with van der Waals surface area (Å²) < 4.78 is 21.8. The van der Waals surface area contributed by atoms with E-state index in [-0.39, 0.29) is 35.5 Å². The maximum absolute atomic E-state index is 12.6. The van der Waals surface area contributed by atoms with Gasteiger partial charge in [0.05, 0.1) is 51.5 Å². The molecule has 1 saturated carbocycles. The molecule has 1 saturated heterocycles. The third kappa shape index (κ3) is 5.87. The van der Waals surface area contributed by atoms with Crippen molar-refractivity contribution in [3.05, 3.63) is 12.2 Å². The quantitative estimate of drug-likeness (QED) is 0.221. The van der Waals surface area contributed by atoms with Crippen molar-refractivity contribution in [3.8, 4) is 0 Å². The third-order valence-corrected chi connectivity index (χ3v) is 5.99. The molecule has 164 valence electrons. The first-order chi connectivity index (χ1) is 14.2. The lowest BCUT2D eigenvalue weighted by Gasteiger charge is -2.17. The molecule has 2 bridgehead atoms. The van der Waals surface area contributed by atoms with Crippen LogP contribution in [0.5, 0.6) is 0 Å². The zero-order valence-corrected chi connectivity index (χ0v) is 17.6. The molecule has 0 unspecified atom stereocenters. The summed E-state index contributed by atoms with van der Waals surface area (Å²) in [6.07, 6.45) is 8.12. The first kappa shape index (κ1) is 22.4. The minimum absolute atomic E-state index is 0.0240. The zero-order valence-electron chi connectivity index (χ0n) is 17.6. The van der Waals surface area contributed by atoms with E-state index >= 15 is 0 Å². The highest BCUT2D eigenvalue weighted by Crippen LogP contribution is 2.52. The second-order valence-corrected chi connectivity index (χ2v) is 7.98. The Labute approximate surface area is 173 Å². The van der Waals surface area contributed by atoms with Gasteiger partial charge in [-0.3, -0.25) is 14.5 Å². The molecule has 0 aromatic rings. The molecule has 0 N–H and O–H groups in total. The number of hydrogen-bond donors (Lipinski definition) is 0. The number of allylic oxidation sites excluding steroid dienone is 2. The molecule has 0 radical (unpaired) electrons. The maximum Gasteiger partial charge on any atom is 0.233 e. The normalized spacial score (nSPS) is 27.4. The fourth-order valence-corrected chi connectivity index (χ4v) is 4.52. The number of imide groups is 1.